The van der Waals surface area contributed by atoms with E-state index in [1.165, 1.54) is 18.9 Å². The third kappa shape index (κ3) is 6.34. The Hall–Kier alpha value is -1.82. The second-order valence-electron chi connectivity index (χ2n) is 8.17. The van der Waals surface area contributed by atoms with Crippen molar-refractivity contribution in [2.75, 3.05) is 47.4 Å². The fraction of sp³-hybridized carbons (Fsp3) is 0.500. The first kappa shape index (κ1) is 22.9. The van der Waals surface area contributed by atoms with Crippen LogP contribution in [0.2, 0.25) is 5.02 Å². The Labute approximate surface area is 184 Å². The van der Waals surface area contributed by atoms with Gasteiger partial charge in [-0.1, -0.05) is 23.7 Å². The van der Waals surface area contributed by atoms with Gasteiger partial charge in [0.1, 0.15) is 5.82 Å². The predicted octanol–water partition coefficient (Wildman–Crippen LogP) is 4.88. The molecule has 164 valence electrons. The molecule has 3 rings (SSSR count). The van der Waals surface area contributed by atoms with Gasteiger partial charge in [0.05, 0.1) is 19.2 Å². The molecule has 0 unspecified atom stereocenters. The molecular weight excluding hydrogens is 403 g/mol. The van der Waals surface area contributed by atoms with Gasteiger partial charge in [-0.15, -0.1) is 0 Å². The highest BCUT2D eigenvalue weighted by atomic mass is 35.5. The first-order valence-corrected chi connectivity index (χ1v) is 10.9. The molecule has 0 atom stereocenters. The van der Waals surface area contributed by atoms with Crippen LogP contribution in [-0.4, -0.2) is 57.2 Å². The topological polar surface area (TPSA) is 24.9 Å². The maximum atomic E-state index is 13.3. The number of halogens is 2. The molecule has 1 aliphatic heterocycles. The lowest BCUT2D eigenvalue weighted by molar-refractivity contribution is 0.153. The highest BCUT2D eigenvalue weighted by molar-refractivity contribution is 6.32. The average Bonchev–Trinajstić information content (AvgIpc) is 2.73. The second kappa shape index (κ2) is 11.0. The molecule has 0 amide bonds. The fourth-order valence-corrected chi connectivity index (χ4v) is 4.56. The van der Waals surface area contributed by atoms with E-state index in [0.29, 0.717) is 22.4 Å². The van der Waals surface area contributed by atoms with Gasteiger partial charge in [-0.05, 0) is 80.7 Å². The smallest absolute Gasteiger partial charge is 0.179 e. The van der Waals surface area contributed by atoms with Crippen LogP contribution in [0.4, 0.5) is 4.39 Å². The number of hydrogen-bond acceptors (Lipinski definition) is 4. The number of hydrogen-bond donors (Lipinski definition) is 0. The Morgan fingerprint density at radius 1 is 1.10 bits per heavy atom. The van der Waals surface area contributed by atoms with Gasteiger partial charge in [0.25, 0.3) is 0 Å². The number of benzene rings is 2. The van der Waals surface area contributed by atoms with Crippen LogP contribution < -0.4 is 9.47 Å². The zero-order valence-corrected chi connectivity index (χ0v) is 18.9. The predicted molar refractivity (Wildman–Crippen MR) is 120 cm³/mol. The minimum Gasteiger partial charge on any atom is -0.493 e. The van der Waals surface area contributed by atoms with E-state index in [1.807, 2.05) is 18.2 Å². The van der Waals surface area contributed by atoms with Crippen molar-refractivity contribution < 1.29 is 13.9 Å². The molecule has 0 radical (unpaired) electrons. The van der Waals surface area contributed by atoms with Crippen LogP contribution in [-0.2, 0) is 13.0 Å². The Morgan fingerprint density at radius 2 is 1.87 bits per heavy atom. The van der Waals surface area contributed by atoms with Gasteiger partial charge >= 0.3 is 0 Å². The normalized spacial score (nSPS) is 15.5. The lowest BCUT2D eigenvalue weighted by Crippen LogP contribution is -2.38. The first-order valence-electron chi connectivity index (χ1n) is 10.5. The summed E-state index contributed by atoms with van der Waals surface area (Å²) in [6.45, 7) is 5.09. The lowest BCUT2D eigenvalue weighted by atomic mass is 9.95. The van der Waals surface area contributed by atoms with E-state index in [9.17, 15) is 4.39 Å². The van der Waals surface area contributed by atoms with Crippen molar-refractivity contribution in [3.05, 3.63) is 58.4 Å². The van der Waals surface area contributed by atoms with Gasteiger partial charge in [-0.25, -0.2) is 4.39 Å². The number of rotatable bonds is 9. The summed E-state index contributed by atoms with van der Waals surface area (Å²) in [5.74, 6) is 1.79. The second-order valence-corrected chi connectivity index (χ2v) is 8.58. The van der Waals surface area contributed by atoms with Crippen LogP contribution in [0.25, 0.3) is 0 Å². The zero-order valence-electron chi connectivity index (χ0n) is 18.2. The molecule has 1 saturated heterocycles. The van der Waals surface area contributed by atoms with Crippen molar-refractivity contribution in [1.82, 2.24) is 9.80 Å². The number of methoxy groups -OCH3 is 2. The minimum absolute atomic E-state index is 0.148. The Balaban J connectivity index is 1.44. The Morgan fingerprint density at radius 3 is 2.53 bits per heavy atom. The number of ether oxygens (including phenoxy) is 2. The summed E-state index contributed by atoms with van der Waals surface area (Å²) in [5, 5.41) is 0.576. The largest absolute Gasteiger partial charge is 0.493 e. The maximum Gasteiger partial charge on any atom is 0.179 e. The van der Waals surface area contributed by atoms with Crippen molar-refractivity contribution in [2.45, 2.75) is 25.8 Å². The molecule has 6 heteroatoms. The molecule has 0 spiro atoms. The molecule has 0 N–H and O–H groups in total. The van der Waals surface area contributed by atoms with E-state index in [-0.39, 0.29) is 5.82 Å². The van der Waals surface area contributed by atoms with E-state index in [4.69, 9.17) is 21.1 Å². The van der Waals surface area contributed by atoms with Crippen molar-refractivity contribution in [1.29, 1.82) is 0 Å². The summed E-state index contributed by atoms with van der Waals surface area (Å²) in [5.41, 5.74) is 2.19. The third-order valence-electron chi connectivity index (χ3n) is 5.83. The number of nitrogens with zero attached hydrogens (tertiary/aromatic N) is 2. The van der Waals surface area contributed by atoms with Crippen LogP contribution >= 0.6 is 11.6 Å². The molecule has 1 fully saturated rings. The summed E-state index contributed by atoms with van der Waals surface area (Å²) in [6.07, 6.45) is 3.29. The summed E-state index contributed by atoms with van der Waals surface area (Å²) < 4.78 is 24.1. The molecular formula is C24H32ClFN2O2. The Kier molecular flexibility index (Phi) is 8.37. The van der Waals surface area contributed by atoms with Gasteiger partial charge in [-0.2, -0.15) is 0 Å². The quantitative estimate of drug-likeness (QED) is 0.561. The molecule has 4 nitrogen and oxygen atoms in total. The maximum absolute atomic E-state index is 13.3. The van der Waals surface area contributed by atoms with Gasteiger partial charge in [0.15, 0.2) is 11.5 Å². The van der Waals surface area contributed by atoms with Gasteiger partial charge in [0, 0.05) is 19.6 Å². The molecule has 2 aromatic rings. The zero-order chi connectivity index (χ0) is 21.5. The molecule has 1 heterocycles. The van der Waals surface area contributed by atoms with E-state index < -0.39 is 0 Å². The standard InChI is InChI=1S/C24H32ClFN2O2/c1-27(17-20-14-22(25)24(30-3)23(15-20)29-2)16-19-8-11-28(12-9-19)10-7-18-5-4-6-21(26)13-18/h4-6,13-15,19H,7-12,16-17H2,1-3H3. The molecule has 2 aromatic carbocycles. The van der Waals surface area contributed by atoms with Crippen LogP contribution in [0.3, 0.4) is 0 Å². The molecule has 0 aliphatic carbocycles. The Bertz CT molecular complexity index is 825. The SMILES string of the molecule is COc1cc(CN(C)CC2CCN(CCc3cccc(F)c3)CC2)cc(Cl)c1OC. The lowest BCUT2D eigenvalue weighted by Gasteiger charge is -2.34. The average molecular weight is 435 g/mol. The van der Waals surface area contributed by atoms with Crippen LogP contribution in [0.15, 0.2) is 36.4 Å². The molecule has 0 bridgehead atoms. The van der Waals surface area contributed by atoms with Gasteiger partial charge in [0.2, 0.25) is 0 Å². The van der Waals surface area contributed by atoms with Crippen molar-refractivity contribution in [2.24, 2.45) is 5.92 Å². The molecule has 30 heavy (non-hydrogen) atoms. The van der Waals surface area contributed by atoms with Crippen molar-refractivity contribution in [3.8, 4) is 11.5 Å². The highest BCUT2D eigenvalue weighted by Gasteiger charge is 2.21. The highest BCUT2D eigenvalue weighted by Crippen LogP contribution is 2.36. The fourth-order valence-electron chi connectivity index (χ4n) is 4.25. The number of piperidine rings is 1. The van der Waals surface area contributed by atoms with E-state index >= 15 is 0 Å². The minimum atomic E-state index is -0.148. The number of likely N-dealkylation sites (tertiary alicyclic amines) is 1. The molecule has 1 aliphatic rings. The first-order chi connectivity index (χ1) is 14.5. The van der Waals surface area contributed by atoms with Gasteiger partial charge in [-0.3, -0.25) is 0 Å². The summed E-state index contributed by atoms with van der Waals surface area (Å²) >= 11 is 6.34. The van der Waals surface area contributed by atoms with E-state index in [2.05, 4.69) is 16.8 Å². The molecule has 0 saturated carbocycles. The van der Waals surface area contributed by atoms with Crippen molar-refractivity contribution >= 4 is 11.6 Å². The van der Waals surface area contributed by atoms with Gasteiger partial charge < -0.3 is 19.3 Å². The summed E-state index contributed by atoms with van der Waals surface area (Å²) in [6, 6.07) is 10.9. The van der Waals surface area contributed by atoms with Crippen LogP contribution in [0.1, 0.15) is 24.0 Å². The van der Waals surface area contributed by atoms with Crippen LogP contribution in [0.5, 0.6) is 11.5 Å². The van der Waals surface area contributed by atoms with E-state index in [1.54, 1.807) is 26.4 Å². The summed E-state index contributed by atoms with van der Waals surface area (Å²) in [4.78, 5) is 4.85. The van der Waals surface area contributed by atoms with E-state index in [0.717, 1.165) is 50.3 Å². The summed E-state index contributed by atoms with van der Waals surface area (Å²) in [7, 11) is 5.38. The molecule has 0 aromatic heterocycles. The van der Waals surface area contributed by atoms with Crippen LogP contribution in [0, 0.1) is 11.7 Å². The third-order valence-corrected chi connectivity index (χ3v) is 6.11. The monoisotopic (exact) mass is 434 g/mol. The van der Waals surface area contributed by atoms with Crippen molar-refractivity contribution in [3.63, 3.8) is 0 Å².